The number of pyridine rings is 1. The molecule has 130 valence electrons. The molecular weight excluding hydrogens is 321 g/mol. The van der Waals surface area contributed by atoms with Gasteiger partial charge in [-0.15, -0.1) is 0 Å². The highest BCUT2D eigenvalue weighted by Crippen LogP contribution is 2.19. The Bertz CT molecular complexity index is 786. The van der Waals surface area contributed by atoms with Crippen LogP contribution in [-0.4, -0.2) is 34.8 Å². The molecule has 1 saturated heterocycles. The van der Waals surface area contributed by atoms with Gasteiger partial charge in [0.05, 0.1) is 16.8 Å². The summed E-state index contributed by atoms with van der Waals surface area (Å²) >= 11 is 0. The van der Waals surface area contributed by atoms with Gasteiger partial charge < -0.3 is 10.2 Å². The molecule has 2 amide bonds. The van der Waals surface area contributed by atoms with Crippen molar-refractivity contribution in [3.05, 3.63) is 59.7 Å². The predicted molar refractivity (Wildman–Crippen MR) is 92.9 cm³/mol. The molecule has 1 N–H and O–H groups in total. The Kier molecular flexibility index (Phi) is 5.07. The van der Waals surface area contributed by atoms with Crippen LogP contribution in [0.2, 0.25) is 0 Å². The van der Waals surface area contributed by atoms with Gasteiger partial charge in [-0.2, -0.15) is 0 Å². The fraction of sp³-hybridized carbons (Fsp3) is 0.316. The highest BCUT2D eigenvalue weighted by Gasteiger charge is 2.22. The quantitative estimate of drug-likeness (QED) is 0.931. The first kappa shape index (κ1) is 17.1. The molecule has 0 spiro atoms. The second kappa shape index (κ2) is 7.42. The molecule has 0 bridgehead atoms. The largest absolute Gasteiger partial charge is 0.339 e. The van der Waals surface area contributed by atoms with E-state index >= 15 is 0 Å². The predicted octanol–water partition coefficient (Wildman–Crippen LogP) is 3.35. The second-order valence-electron chi connectivity index (χ2n) is 6.37. The van der Waals surface area contributed by atoms with E-state index in [1.54, 1.807) is 17.0 Å². The molecule has 5 nitrogen and oxygen atoms in total. The number of benzene rings is 1. The number of nitrogens with zero attached hydrogens (tertiary/aromatic N) is 2. The Hall–Kier alpha value is -2.76. The maximum absolute atomic E-state index is 13.7. The second-order valence-corrected chi connectivity index (χ2v) is 6.37. The van der Waals surface area contributed by atoms with Crippen LogP contribution >= 0.6 is 0 Å². The van der Waals surface area contributed by atoms with E-state index in [0.717, 1.165) is 12.8 Å². The highest BCUT2D eigenvalue weighted by atomic mass is 19.1. The number of likely N-dealkylation sites (tertiary alicyclic amines) is 1. The van der Waals surface area contributed by atoms with Crippen molar-refractivity contribution in [1.29, 1.82) is 0 Å². The lowest BCUT2D eigenvalue weighted by molar-refractivity contribution is 0.0697. The van der Waals surface area contributed by atoms with Crippen LogP contribution in [0.3, 0.4) is 0 Å². The number of hydrogen-bond donors (Lipinski definition) is 1. The number of para-hydroxylation sites is 1. The SMILES string of the molecule is CC1CCN(C(=O)c2cncc(C(=O)Nc3ccccc3F)c2)CC1. The van der Waals surface area contributed by atoms with Crippen LogP contribution in [0, 0.1) is 11.7 Å². The third kappa shape index (κ3) is 4.02. The molecular formula is C19H20FN3O2. The number of halogens is 1. The lowest BCUT2D eigenvalue weighted by atomic mass is 9.98. The standard InChI is InChI=1S/C19H20FN3O2/c1-13-6-8-23(9-7-13)19(25)15-10-14(11-21-12-15)18(24)22-17-5-3-2-4-16(17)20/h2-5,10-13H,6-9H2,1H3,(H,22,24). The first-order chi connectivity index (χ1) is 12.0. The van der Waals surface area contributed by atoms with Crippen molar-refractivity contribution < 1.29 is 14.0 Å². The topological polar surface area (TPSA) is 62.3 Å². The van der Waals surface area contributed by atoms with Gasteiger partial charge in [-0.1, -0.05) is 19.1 Å². The average Bonchev–Trinajstić information content (AvgIpc) is 2.64. The summed E-state index contributed by atoms with van der Waals surface area (Å²) in [6.45, 7) is 3.61. The molecule has 1 aliphatic rings. The Morgan fingerprint density at radius 3 is 2.56 bits per heavy atom. The van der Waals surface area contributed by atoms with Crippen molar-refractivity contribution in [3.8, 4) is 0 Å². The van der Waals surface area contributed by atoms with E-state index in [2.05, 4.69) is 17.2 Å². The maximum atomic E-state index is 13.7. The van der Waals surface area contributed by atoms with Gasteiger partial charge in [0.25, 0.3) is 11.8 Å². The number of amides is 2. The van der Waals surface area contributed by atoms with Gasteiger partial charge in [-0.3, -0.25) is 14.6 Å². The number of carbonyl (C=O) groups is 2. The van der Waals surface area contributed by atoms with Crippen LogP contribution in [0.1, 0.15) is 40.5 Å². The fourth-order valence-electron chi connectivity index (χ4n) is 2.83. The van der Waals surface area contributed by atoms with Gasteiger partial charge in [0, 0.05) is 25.5 Å². The monoisotopic (exact) mass is 341 g/mol. The zero-order valence-corrected chi connectivity index (χ0v) is 14.0. The van der Waals surface area contributed by atoms with Crippen LogP contribution in [0.25, 0.3) is 0 Å². The maximum Gasteiger partial charge on any atom is 0.257 e. The number of piperidine rings is 1. The Morgan fingerprint density at radius 1 is 1.16 bits per heavy atom. The van der Waals surface area contributed by atoms with Gasteiger partial charge in [0.15, 0.2) is 0 Å². The summed E-state index contributed by atoms with van der Waals surface area (Å²) in [6, 6.07) is 7.43. The van der Waals surface area contributed by atoms with Crippen molar-refractivity contribution in [2.24, 2.45) is 5.92 Å². The molecule has 1 fully saturated rings. The van der Waals surface area contributed by atoms with Crippen LogP contribution in [0.4, 0.5) is 10.1 Å². The first-order valence-electron chi connectivity index (χ1n) is 8.35. The molecule has 0 radical (unpaired) electrons. The smallest absolute Gasteiger partial charge is 0.257 e. The molecule has 25 heavy (non-hydrogen) atoms. The summed E-state index contributed by atoms with van der Waals surface area (Å²) < 4.78 is 13.7. The van der Waals surface area contributed by atoms with Crippen LogP contribution in [0.5, 0.6) is 0 Å². The van der Waals surface area contributed by atoms with E-state index in [1.165, 1.54) is 30.6 Å². The molecule has 0 saturated carbocycles. The van der Waals surface area contributed by atoms with E-state index in [0.29, 0.717) is 24.6 Å². The molecule has 6 heteroatoms. The summed E-state index contributed by atoms with van der Waals surface area (Å²) in [5.41, 5.74) is 0.685. The zero-order chi connectivity index (χ0) is 17.8. The van der Waals surface area contributed by atoms with Gasteiger partial charge in [-0.05, 0) is 37.0 Å². The Morgan fingerprint density at radius 2 is 1.84 bits per heavy atom. The summed E-state index contributed by atoms with van der Waals surface area (Å²) in [5.74, 6) is -0.516. The molecule has 1 aliphatic heterocycles. The van der Waals surface area contributed by atoms with Crippen LogP contribution in [-0.2, 0) is 0 Å². The molecule has 2 heterocycles. The number of aromatic nitrogens is 1. The molecule has 2 aromatic rings. The Labute approximate surface area is 145 Å². The third-order valence-corrected chi connectivity index (χ3v) is 4.44. The molecule has 1 aromatic carbocycles. The minimum Gasteiger partial charge on any atom is -0.339 e. The van der Waals surface area contributed by atoms with Crippen molar-refractivity contribution >= 4 is 17.5 Å². The summed E-state index contributed by atoms with van der Waals surface area (Å²) in [6.07, 6.45) is 4.78. The van der Waals surface area contributed by atoms with E-state index in [4.69, 9.17) is 0 Å². The van der Waals surface area contributed by atoms with E-state index in [-0.39, 0.29) is 17.2 Å². The van der Waals surface area contributed by atoms with Crippen LogP contribution < -0.4 is 5.32 Å². The molecule has 1 aromatic heterocycles. The molecule has 0 atom stereocenters. The molecule has 0 aliphatic carbocycles. The van der Waals surface area contributed by atoms with Crippen molar-refractivity contribution in [1.82, 2.24) is 9.88 Å². The molecule has 3 rings (SSSR count). The minimum absolute atomic E-state index is 0.0919. The molecule has 0 unspecified atom stereocenters. The van der Waals surface area contributed by atoms with Crippen molar-refractivity contribution in [3.63, 3.8) is 0 Å². The van der Waals surface area contributed by atoms with Crippen molar-refractivity contribution in [2.75, 3.05) is 18.4 Å². The van der Waals surface area contributed by atoms with Gasteiger partial charge in [0.1, 0.15) is 5.82 Å². The number of carbonyl (C=O) groups excluding carboxylic acids is 2. The Balaban J connectivity index is 1.73. The summed E-state index contributed by atoms with van der Waals surface area (Å²) in [4.78, 5) is 30.7. The fourth-order valence-corrected chi connectivity index (χ4v) is 2.83. The van der Waals surface area contributed by atoms with Gasteiger partial charge in [0.2, 0.25) is 0 Å². The van der Waals surface area contributed by atoms with E-state index in [1.807, 2.05) is 0 Å². The number of rotatable bonds is 3. The normalized spacial score (nSPS) is 15.0. The van der Waals surface area contributed by atoms with Gasteiger partial charge >= 0.3 is 0 Å². The van der Waals surface area contributed by atoms with E-state index in [9.17, 15) is 14.0 Å². The van der Waals surface area contributed by atoms with Gasteiger partial charge in [-0.25, -0.2) is 4.39 Å². The summed E-state index contributed by atoms with van der Waals surface area (Å²) in [7, 11) is 0. The third-order valence-electron chi connectivity index (χ3n) is 4.44. The minimum atomic E-state index is -0.515. The number of hydrogen-bond acceptors (Lipinski definition) is 3. The lowest BCUT2D eigenvalue weighted by Crippen LogP contribution is -2.38. The highest BCUT2D eigenvalue weighted by molar-refractivity contribution is 6.05. The van der Waals surface area contributed by atoms with E-state index < -0.39 is 11.7 Å². The number of anilines is 1. The summed E-state index contributed by atoms with van der Waals surface area (Å²) in [5, 5.41) is 2.50. The number of nitrogens with one attached hydrogen (secondary N) is 1. The zero-order valence-electron chi connectivity index (χ0n) is 14.0. The first-order valence-corrected chi connectivity index (χ1v) is 8.35. The lowest BCUT2D eigenvalue weighted by Gasteiger charge is -2.30. The van der Waals surface area contributed by atoms with Crippen molar-refractivity contribution in [2.45, 2.75) is 19.8 Å². The van der Waals surface area contributed by atoms with Crippen LogP contribution in [0.15, 0.2) is 42.7 Å². The average molecular weight is 341 g/mol.